The second-order valence-electron chi connectivity index (χ2n) is 7.36. The van der Waals surface area contributed by atoms with Gasteiger partial charge in [0.05, 0.1) is 16.2 Å². The summed E-state index contributed by atoms with van der Waals surface area (Å²) in [4.78, 5) is 12.9. The molecule has 4 rings (SSSR count). The summed E-state index contributed by atoms with van der Waals surface area (Å²) in [6, 6.07) is 12.5. The lowest BCUT2D eigenvalue weighted by molar-refractivity contribution is -0.117. The number of ketones is 1. The number of fused-ring (bicyclic) bond motifs is 2. The molecular formula is C23H20ClNO3. The summed E-state index contributed by atoms with van der Waals surface area (Å²) in [5.74, 6) is 1.43. The van der Waals surface area contributed by atoms with Crippen molar-refractivity contribution in [2.45, 2.75) is 32.6 Å². The van der Waals surface area contributed by atoms with Gasteiger partial charge in [0, 0.05) is 17.9 Å². The molecule has 2 aromatic carbocycles. The Morgan fingerprint density at radius 2 is 1.89 bits per heavy atom. The van der Waals surface area contributed by atoms with Crippen LogP contribution in [0.15, 0.2) is 42.2 Å². The number of halogens is 1. The van der Waals surface area contributed by atoms with Gasteiger partial charge in [0.15, 0.2) is 5.78 Å². The van der Waals surface area contributed by atoms with Crippen LogP contribution in [0.1, 0.15) is 42.9 Å². The lowest BCUT2D eigenvalue weighted by atomic mass is 9.81. The highest BCUT2D eigenvalue weighted by Gasteiger charge is 2.41. The van der Waals surface area contributed by atoms with Crippen LogP contribution in [0.4, 0.5) is 0 Å². The van der Waals surface area contributed by atoms with Gasteiger partial charge in [-0.25, -0.2) is 0 Å². The van der Waals surface area contributed by atoms with E-state index >= 15 is 0 Å². The Balaban J connectivity index is 1.73. The first kappa shape index (κ1) is 18.6. The second-order valence-corrected chi connectivity index (χ2v) is 7.77. The van der Waals surface area contributed by atoms with Crippen LogP contribution >= 0.6 is 11.6 Å². The van der Waals surface area contributed by atoms with Crippen molar-refractivity contribution in [1.82, 2.24) is 0 Å². The van der Waals surface area contributed by atoms with Crippen LogP contribution in [-0.4, -0.2) is 10.9 Å². The van der Waals surface area contributed by atoms with E-state index in [1.807, 2.05) is 31.2 Å². The van der Waals surface area contributed by atoms with Crippen LogP contribution in [0.2, 0.25) is 5.02 Å². The zero-order chi connectivity index (χ0) is 19.8. The third-order valence-electron chi connectivity index (χ3n) is 5.72. The molecule has 2 aromatic rings. The Labute approximate surface area is 169 Å². The van der Waals surface area contributed by atoms with Crippen molar-refractivity contribution in [1.29, 1.82) is 5.26 Å². The monoisotopic (exact) mass is 393 g/mol. The number of allylic oxidation sites excluding steroid dienone is 2. The Morgan fingerprint density at radius 1 is 1.18 bits per heavy atom. The van der Waals surface area contributed by atoms with Crippen LogP contribution in [-0.2, 0) is 11.2 Å². The quantitative estimate of drug-likeness (QED) is 0.708. The minimum absolute atomic E-state index is 0.0162. The maximum atomic E-state index is 12.9. The molecular weight excluding hydrogens is 374 g/mol. The largest absolute Gasteiger partial charge is 0.511 e. The zero-order valence-corrected chi connectivity index (χ0v) is 16.3. The zero-order valence-electron chi connectivity index (χ0n) is 15.5. The van der Waals surface area contributed by atoms with E-state index in [1.54, 1.807) is 18.2 Å². The lowest BCUT2D eigenvalue weighted by Crippen LogP contribution is -2.21. The summed E-state index contributed by atoms with van der Waals surface area (Å²) in [6.45, 7) is 2.03. The van der Waals surface area contributed by atoms with Crippen molar-refractivity contribution < 1.29 is 14.6 Å². The molecule has 2 bridgehead atoms. The third kappa shape index (κ3) is 3.16. The summed E-state index contributed by atoms with van der Waals surface area (Å²) in [5.41, 5.74) is 2.59. The van der Waals surface area contributed by atoms with Gasteiger partial charge in [-0.15, -0.1) is 0 Å². The van der Waals surface area contributed by atoms with Gasteiger partial charge in [0.1, 0.15) is 23.3 Å². The van der Waals surface area contributed by atoms with Gasteiger partial charge in [0.25, 0.3) is 0 Å². The number of Topliss-reactive ketones (excluding diaryl/α,β-unsaturated/α-hetero) is 1. The number of hydrogen-bond acceptors (Lipinski definition) is 4. The number of aryl methyl sites for hydroxylation is 1. The molecule has 1 fully saturated rings. The number of rotatable bonds is 4. The van der Waals surface area contributed by atoms with E-state index in [4.69, 9.17) is 21.6 Å². The van der Waals surface area contributed by atoms with Gasteiger partial charge < -0.3 is 9.84 Å². The fraction of sp³-hybridized carbons (Fsp3) is 0.304. The van der Waals surface area contributed by atoms with Crippen molar-refractivity contribution in [2.75, 3.05) is 0 Å². The predicted octanol–water partition coefficient (Wildman–Crippen LogP) is 5.83. The van der Waals surface area contributed by atoms with E-state index < -0.39 is 0 Å². The number of nitriles is 1. The number of nitrogens with zero attached hydrogens (tertiary/aromatic N) is 1. The van der Waals surface area contributed by atoms with Crippen LogP contribution in [0.3, 0.4) is 0 Å². The number of hydrogen-bond donors (Lipinski definition) is 1. The number of carbonyl (C=O) groups is 1. The Hall–Kier alpha value is -2.77. The van der Waals surface area contributed by atoms with Crippen molar-refractivity contribution in [2.24, 2.45) is 11.8 Å². The van der Waals surface area contributed by atoms with E-state index in [2.05, 4.69) is 0 Å². The molecule has 0 saturated heterocycles. The van der Waals surface area contributed by atoms with Crippen molar-refractivity contribution in [3.63, 3.8) is 0 Å². The molecule has 0 spiro atoms. The molecule has 0 aromatic heterocycles. The summed E-state index contributed by atoms with van der Waals surface area (Å²) < 4.78 is 5.92. The summed E-state index contributed by atoms with van der Waals surface area (Å²) >= 11 is 6.09. The second kappa shape index (κ2) is 7.33. The summed E-state index contributed by atoms with van der Waals surface area (Å²) in [6.07, 6.45) is 3.22. The van der Waals surface area contributed by atoms with Crippen molar-refractivity contribution in [3.05, 3.63) is 63.9 Å². The molecule has 2 aliphatic rings. The molecule has 142 valence electrons. The smallest absolute Gasteiger partial charge is 0.169 e. The fourth-order valence-corrected chi connectivity index (χ4v) is 4.43. The highest BCUT2D eigenvalue weighted by atomic mass is 35.5. The fourth-order valence-electron chi connectivity index (χ4n) is 4.22. The van der Waals surface area contributed by atoms with Gasteiger partial charge in [-0.3, -0.25) is 4.79 Å². The molecule has 28 heavy (non-hydrogen) atoms. The molecule has 2 atom stereocenters. The van der Waals surface area contributed by atoms with Gasteiger partial charge >= 0.3 is 0 Å². The molecule has 1 N–H and O–H groups in total. The first-order valence-electron chi connectivity index (χ1n) is 9.50. The van der Waals surface area contributed by atoms with Gasteiger partial charge in [-0.1, -0.05) is 24.6 Å². The van der Waals surface area contributed by atoms with E-state index in [0.717, 1.165) is 36.8 Å². The van der Waals surface area contributed by atoms with E-state index in [0.29, 0.717) is 27.7 Å². The average Bonchev–Trinajstić information content (AvgIpc) is 3.14. The maximum Gasteiger partial charge on any atom is 0.169 e. The van der Waals surface area contributed by atoms with E-state index in [1.165, 1.54) is 0 Å². The number of carbonyl (C=O) groups excluding carboxylic acids is 1. The van der Waals surface area contributed by atoms with Gasteiger partial charge in [0.2, 0.25) is 0 Å². The highest BCUT2D eigenvalue weighted by Crippen LogP contribution is 2.46. The highest BCUT2D eigenvalue weighted by molar-refractivity contribution is 6.31. The van der Waals surface area contributed by atoms with E-state index in [9.17, 15) is 9.90 Å². The number of aliphatic hydroxyl groups is 1. The molecule has 0 heterocycles. The third-order valence-corrected chi connectivity index (χ3v) is 6.03. The van der Waals surface area contributed by atoms with Crippen LogP contribution in [0.25, 0.3) is 5.57 Å². The van der Waals surface area contributed by atoms with Gasteiger partial charge in [-0.05, 0) is 61.1 Å². The van der Waals surface area contributed by atoms with Crippen molar-refractivity contribution in [3.8, 4) is 17.6 Å². The number of aliphatic hydroxyl groups excluding tert-OH is 1. The minimum Gasteiger partial charge on any atom is -0.511 e. The Morgan fingerprint density at radius 3 is 2.61 bits per heavy atom. The molecule has 2 aliphatic carbocycles. The van der Waals surface area contributed by atoms with E-state index in [-0.39, 0.29) is 23.4 Å². The standard InChI is InChI=1S/C23H20ClNO3/c1-2-13-5-7-17(28-18-8-6-16(12-25)20(24)11-18)10-19(13)21-22(26)14-3-4-15(9-14)23(21)27/h5-8,10-11,14-15,26H,2-4,9H2,1H3/t14-,15+/m1/s1. The predicted molar refractivity (Wildman–Crippen MR) is 107 cm³/mol. The van der Waals surface area contributed by atoms with Crippen LogP contribution in [0.5, 0.6) is 11.5 Å². The molecule has 0 amide bonds. The normalized spacial score (nSPS) is 21.0. The van der Waals surface area contributed by atoms with Crippen molar-refractivity contribution >= 4 is 23.0 Å². The molecule has 0 aliphatic heterocycles. The molecule has 0 radical (unpaired) electrons. The minimum atomic E-state index is 0.0162. The van der Waals surface area contributed by atoms with Gasteiger partial charge in [-0.2, -0.15) is 5.26 Å². The Bertz CT molecular complexity index is 1030. The lowest BCUT2D eigenvalue weighted by Gasteiger charge is -2.23. The van der Waals surface area contributed by atoms with Crippen LogP contribution < -0.4 is 4.74 Å². The number of benzene rings is 2. The summed E-state index contributed by atoms with van der Waals surface area (Å²) in [7, 11) is 0. The number of ether oxygens (including phenoxy) is 1. The molecule has 5 heteroatoms. The van der Waals surface area contributed by atoms with Crippen LogP contribution in [0, 0.1) is 23.2 Å². The topological polar surface area (TPSA) is 70.3 Å². The average molecular weight is 394 g/mol. The first-order chi connectivity index (χ1) is 13.5. The Kier molecular flexibility index (Phi) is 4.87. The first-order valence-corrected chi connectivity index (χ1v) is 9.87. The molecule has 1 saturated carbocycles. The summed E-state index contributed by atoms with van der Waals surface area (Å²) in [5, 5.41) is 20.1. The maximum absolute atomic E-state index is 12.9. The molecule has 4 nitrogen and oxygen atoms in total. The molecule has 0 unspecified atom stereocenters. The SMILES string of the molecule is CCc1ccc(Oc2ccc(C#N)c(Cl)c2)cc1C1=C(O)[C@@H]2CC[C@@H](C2)C1=O.